The van der Waals surface area contributed by atoms with E-state index in [0.29, 0.717) is 0 Å². The molecule has 0 aliphatic heterocycles. The van der Waals surface area contributed by atoms with E-state index in [1.807, 2.05) is 0 Å². The molecule has 10 N–H and O–H groups in total. The van der Waals surface area contributed by atoms with Gasteiger partial charge in [0.25, 0.3) is 40.5 Å². The van der Waals surface area contributed by atoms with Crippen LogP contribution in [-0.4, -0.2) is 132 Å². The molecule has 0 unspecified atom stereocenters. The number of aromatic nitrogens is 6. The van der Waals surface area contributed by atoms with Crippen molar-refractivity contribution in [3.05, 3.63) is 96.1 Å². The molecule has 2 heterocycles. The lowest BCUT2D eigenvalue weighted by atomic mass is 10.1. The van der Waals surface area contributed by atoms with Gasteiger partial charge in [-0.3, -0.25) is 18.2 Å². The average Bonchev–Trinajstić information content (AvgIpc) is 3.25. The first kappa shape index (κ1) is 50.4. The Balaban J connectivity index is 1.30. The van der Waals surface area contributed by atoms with Crippen LogP contribution in [0, 0.1) is 0 Å². The maximum Gasteiger partial charge on any atom is 0.295 e. The minimum absolute atomic E-state index is 0.00284. The van der Waals surface area contributed by atoms with E-state index in [-0.39, 0.29) is 95.9 Å². The fourth-order valence-electron chi connectivity index (χ4n) is 5.91. The molecule has 0 radical (unpaired) electrons. The summed E-state index contributed by atoms with van der Waals surface area (Å²) >= 11 is 0. The number of nitrogens with one attached hydrogen (secondary N) is 4. The SMILES string of the molecule is CN(CCO)c1nc(Nc2cccc(S(=O)(=O)O)c2)nc(Nc2ccc(C=Cc3ccc(Nc4nc(Nc5cccc(S(=O)(=O)O)c5)nc(N(C)CCO)n4)cc3S(=O)(=O)O)c(S(=O)(=O)O)c2)n1. The topological polar surface area (TPSA) is 390 Å². The van der Waals surface area contributed by atoms with E-state index < -0.39 is 60.1 Å². The van der Waals surface area contributed by atoms with Crippen LogP contribution in [0.15, 0.2) is 105 Å². The van der Waals surface area contributed by atoms with E-state index in [4.69, 9.17) is 0 Å². The fraction of sp³-hybridized carbons (Fsp3) is 0.158. The molecule has 6 aromatic rings. The van der Waals surface area contributed by atoms with Crippen molar-refractivity contribution in [1.29, 1.82) is 0 Å². The molecule has 26 nitrogen and oxygen atoms in total. The summed E-state index contributed by atoms with van der Waals surface area (Å²) in [6.45, 7) is -0.453. The highest BCUT2D eigenvalue weighted by molar-refractivity contribution is 7.86. The molecule has 0 saturated carbocycles. The molecule has 0 spiro atoms. The third kappa shape index (κ3) is 13.3. The maximum absolute atomic E-state index is 12.7. The molecule has 360 valence electrons. The van der Waals surface area contributed by atoms with Crippen molar-refractivity contribution in [3.63, 3.8) is 0 Å². The lowest BCUT2D eigenvalue weighted by molar-refractivity contribution is 0.303. The molecule has 4 aromatic carbocycles. The summed E-state index contributed by atoms with van der Waals surface area (Å²) in [5, 5.41) is 30.2. The minimum Gasteiger partial charge on any atom is -0.395 e. The Hall–Kier alpha value is -7.00. The number of rotatable bonds is 20. The molecule has 30 heteroatoms. The third-order valence-electron chi connectivity index (χ3n) is 9.11. The van der Waals surface area contributed by atoms with Gasteiger partial charge in [-0.1, -0.05) is 36.4 Å². The Morgan fingerprint density at radius 3 is 1.07 bits per heavy atom. The summed E-state index contributed by atoms with van der Waals surface area (Å²) < 4.78 is 137. The van der Waals surface area contributed by atoms with Crippen molar-refractivity contribution in [2.45, 2.75) is 19.6 Å². The summed E-state index contributed by atoms with van der Waals surface area (Å²) in [6.07, 6.45) is 2.31. The van der Waals surface area contributed by atoms with Gasteiger partial charge in [-0.05, 0) is 71.8 Å². The number of anilines is 10. The highest BCUT2D eigenvalue weighted by atomic mass is 32.2. The second-order valence-electron chi connectivity index (χ2n) is 14.2. The highest BCUT2D eigenvalue weighted by Gasteiger charge is 2.21. The van der Waals surface area contributed by atoms with Gasteiger partial charge < -0.3 is 41.3 Å². The number of likely N-dealkylation sites (N-methyl/N-ethyl adjacent to an activating group) is 2. The number of hydrogen-bond acceptors (Lipinski definition) is 22. The molecule has 0 bridgehead atoms. The number of benzene rings is 4. The van der Waals surface area contributed by atoms with E-state index in [9.17, 15) is 62.1 Å². The van der Waals surface area contributed by atoms with Crippen molar-refractivity contribution in [3.8, 4) is 0 Å². The fourth-order valence-corrected chi connectivity index (χ4v) is 8.38. The molecule has 6 rings (SSSR count). The van der Waals surface area contributed by atoms with Crippen LogP contribution < -0.4 is 31.1 Å². The van der Waals surface area contributed by atoms with Gasteiger partial charge in [-0.25, -0.2) is 0 Å². The van der Waals surface area contributed by atoms with Gasteiger partial charge in [0.15, 0.2) is 0 Å². The second kappa shape index (κ2) is 20.5. The van der Waals surface area contributed by atoms with E-state index in [2.05, 4.69) is 51.2 Å². The van der Waals surface area contributed by atoms with Gasteiger partial charge >= 0.3 is 0 Å². The largest absolute Gasteiger partial charge is 0.395 e. The summed E-state index contributed by atoms with van der Waals surface area (Å²) in [7, 11) is -16.0. The number of aliphatic hydroxyl groups excluding tert-OH is 2. The zero-order chi connectivity index (χ0) is 49.6. The Morgan fingerprint density at radius 2 is 0.779 bits per heavy atom. The first-order valence-electron chi connectivity index (χ1n) is 19.2. The highest BCUT2D eigenvalue weighted by Crippen LogP contribution is 2.30. The van der Waals surface area contributed by atoms with Crippen LogP contribution in [0.3, 0.4) is 0 Å². The molecule has 0 aliphatic rings. The van der Waals surface area contributed by atoms with Crippen molar-refractivity contribution >= 4 is 111 Å². The molecule has 0 saturated heterocycles. The summed E-state index contributed by atoms with van der Waals surface area (Å²) in [5.74, 6) is -0.660. The van der Waals surface area contributed by atoms with Crippen LogP contribution in [0.1, 0.15) is 11.1 Å². The van der Waals surface area contributed by atoms with Gasteiger partial charge in [0.2, 0.25) is 35.7 Å². The summed E-state index contributed by atoms with van der Waals surface area (Å²) in [5.41, 5.74) is 0.0312. The quantitative estimate of drug-likeness (QED) is 0.0388. The van der Waals surface area contributed by atoms with E-state index >= 15 is 0 Å². The van der Waals surface area contributed by atoms with Crippen LogP contribution in [0.25, 0.3) is 12.2 Å². The Bertz CT molecular complexity index is 3130. The molecule has 0 aliphatic carbocycles. The smallest absolute Gasteiger partial charge is 0.295 e. The lowest BCUT2D eigenvalue weighted by Gasteiger charge is -2.18. The van der Waals surface area contributed by atoms with Crippen molar-refractivity contribution in [1.82, 2.24) is 29.9 Å². The van der Waals surface area contributed by atoms with Gasteiger partial charge in [0.1, 0.15) is 9.79 Å². The van der Waals surface area contributed by atoms with E-state index in [1.165, 1.54) is 58.3 Å². The van der Waals surface area contributed by atoms with Crippen molar-refractivity contribution in [2.24, 2.45) is 0 Å². The summed E-state index contributed by atoms with van der Waals surface area (Å²) in [4.78, 5) is 26.4. The van der Waals surface area contributed by atoms with Gasteiger partial charge in [-0.2, -0.15) is 63.6 Å². The monoisotopic (exact) mass is 1020 g/mol. The van der Waals surface area contributed by atoms with Crippen LogP contribution in [0.4, 0.5) is 58.4 Å². The predicted octanol–water partition coefficient (Wildman–Crippen LogP) is 3.05. The third-order valence-corrected chi connectivity index (χ3v) is 12.6. The van der Waals surface area contributed by atoms with Gasteiger partial charge in [-0.15, -0.1) is 0 Å². The molecule has 68 heavy (non-hydrogen) atoms. The number of hydrogen-bond donors (Lipinski definition) is 10. The van der Waals surface area contributed by atoms with Crippen LogP contribution in [0.2, 0.25) is 0 Å². The van der Waals surface area contributed by atoms with Crippen molar-refractivity contribution < 1.29 is 62.1 Å². The van der Waals surface area contributed by atoms with E-state index in [0.717, 1.165) is 48.6 Å². The Labute approximate surface area is 388 Å². The lowest BCUT2D eigenvalue weighted by Crippen LogP contribution is -2.24. The molecular weight excluding hydrogens is 977 g/mol. The van der Waals surface area contributed by atoms with Gasteiger partial charge in [0.05, 0.1) is 23.0 Å². The maximum atomic E-state index is 12.7. The first-order valence-corrected chi connectivity index (χ1v) is 25.0. The second-order valence-corrected chi connectivity index (χ2v) is 19.8. The first-order chi connectivity index (χ1) is 31.9. The number of aliphatic hydroxyl groups is 2. The zero-order valence-corrected chi connectivity index (χ0v) is 38.5. The molecular formula is C38H40N12O14S4. The Kier molecular flexibility index (Phi) is 15.2. The van der Waals surface area contributed by atoms with Crippen LogP contribution in [-0.2, 0) is 40.5 Å². The molecule has 0 amide bonds. The van der Waals surface area contributed by atoms with Gasteiger partial charge in [0, 0.05) is 49.9 Å². The number of nitrogens with zero attached hydrogens (tertiary/aromatic N) is 8. The minimum atomic E-state index is -4.99. The van der Waals surface area contributed by atoms with Crippen LogP contribution in [0.5, 0.6) is 0 Å². The van der Waals surface area contributed by atoms with Crippen molar-refractivity contribution in [2.75, 3.05) is 71.5 Å². The molecule has 0 fully saturated rings. The summed E-state index contributed by atoms with van der Waals surface area (Å²) in [6, 6.07) is 17.4. The zero-order valence-electron chi connectivity index (χ0n) is 35.2. The predicted molar refractivity (Wildman–Crippen MR) is 247 cm³/mol. The average molecular weight is 1020 g/mol. The Morgan fingerprint density at radius 1 is 0.456 bits per heavy atom. The van der Waals surface area contributed by atoms with E-state index in [1.54, 1.807) is 14.1 Å². The molecule has 2 aromatic heterocycles. The molecule has 0 atom stereocenters. The van der Waals surface area contributed by atoms with Crippen LogP contribution >= 0.6 is 0 Å². The standard InChI is InChI=1S/C38H40N12O14S4/c1-49(15-17-51)37-45-33(39-25-5-3-7-29(19-25)65(53,54)55)43-35(47-37)41-27-13-11-23(31(21-27)67(59,60)61)9-10-24-12-14-28(22-32(24)68(62,63)64)42-36-44-34(46-38(48-36)50(2)16-18-52)40-26-6-4-8-30(20-26)66(56,57)58/h3-14,19-22,51-52H,15-18H2,1-2H3,(H,53,54,55)(H,56,57,58)(H,59,60,61)(H,62,63,64)(H2,39,41,43,45,47)(H2,40,42,44,46,48). The normalized spacial score (nSPS) is 12.2.